The third-order valence-corrected chi connectivity index (χ3v) is 4.42. The number of nitriles is 1. The first kappa shape index (κ1) is 21.0. The molecule has 0 bridgehead atoms. The predicted molar refractivity (Wildman–Crippen MR) is 107 cm³/mol. The summed E-state index contributed by atoms with van der Waals surface area (Å²) in [4.78, 5) is 16.3. The standard InChI is InChI=1S/C21H20FN5O3/c1-30-10-2-9-24-20(28)16-5-6-19(25-12-16)27-21(29)17(13-26-27)15-4-3-14(7-8-23)18(22)11-15/h3-6,11-13,29H,2,7,9-10H2,1H3,(H,24,28). The molecule has 2 aromatic heterocycles. The van der Waals surface area contributed by atoms with Crippen molar-refractivity contribution in [2.75, 3.05) is 20.3 Å². The summed E-state index contributed by atoms with van der Waals surface area (Å²) in [6.45, 7) is 1.05. The molecule has 0 atom stereocenters. The highest BCUT2D eigenvalue weighted by Crippen LogP contribution is 2.31. The van der Waals surface area contributed by atoms with E-state index in [4.69, 9.17) is 10.00 Å². The topological polar surface area (TPSA) is 113 Å². The quantitative estimate of drug-likeness (QED) is 0.553. The Hall–Kier alpha value is -3.77. The average molecular weight is 409 g/mol. The molecule has 0 saturated heterocycles. The van der Waals surface area contributed by atoms with E-state index in [2.05, 4.69) is 15.4 Å². The van der Waals surface area contributed by atoms with Crippen molar-refractivity contribution in [1.82, 2.24) is 20.1 Å². The van der Waals surface area contributed by atoms with Crippen molar-refractivity contribution < 1.29 is 19.0 Å². The zero-order chi connectivity index (χ0) is 21.5. The lowest BCUT2D eigenvalue weighted by atomic mass is 10.0. The molecule has 30 heavy (non-hydrogen) atoms. The Balaban J connectivity index is 1.77. The number of nitrogens with one attached hydrogen (secondary N) is 1. The fourth-order valence-corrected chi connectivity index (χ4v) is 2.82. The van der Waals surface area contributed by atoms with Gasteiger partial charge in [-0.2, -0.15) is 15.0 Å². The molecule has 1 aromatic carbocycles. The highest BCUT2D eigenvalue weighted by Gasteiger charge is 2.16. The maximum absolute atomic E-state index is 14.1. The molecular formula is C21H20FN5O3. The van der Waals surface area contributed by atoms with Crippen LogP contribution >= 0.6 is 0 Å². The Bertz CT molecular complexity index is 1070. The van der Waals surface area contributed by atoms with Crippen LogP contribution in [0.3, 0.4) is 0 Å². The van der Waals surface area contributed by atoms with E-state index in [9.17, 15) is 14.3 Å². The second kappa shape index (κ2) is 9.62. The minimum Gasteiger partial charge on any atom is -0.493 e. The molecule has 2 heterocycles. The lowest BCUT2D eigenvalue weighted by Gasteiger charge is -2.07. The number of ether oxygens (including phenoxy) is 1. The van der Waals surface area contributed by atoms with E-state index in [1.807, 2.05) is 6.07 Å². The monoisotopic (exact) mass is 409 g/mol. The average Bonchev–Trinajstić information content (AvgIpc) is 3.14. The van der Waals surface area contributed by atoms with E-state index in [1.165, 1.54) is 29.2 Å². The van der Waals surface area contributed by atoms with E-state index in [-0.39, 0.29) is 23.8 Å². The molecule has 0 aliphatic carbocycles. The van der Waals surface area contributed by atoms with Crippen LogP contribution < -0.4 is 5.32 Å². The van der Waals surface area contributed by atoms with Crippen molar-refractivity contribution in [2.45, 2.75) is 12.8 Å². The summed E-state index contributed by atoms with van der Waals surface area (Å²) in [5.74, 6) is -0.702. The predicted octanol–water partition coefficient (Wildman–Crippen LogP) is 2.61. The number of nitrogens with zero attached hydrogens (tertiary/aromatic N) is 4. The van der Waals surface area contributed by atoms with Gasteiger partial charge in [0.15, 0.2) is 5.82 Å². The molecular weight excluding hydrogens is 389 g/mol. The molecule has 1 amide bonds. The van der Waals surface area contributed by atoms with Crippen molar-refractivity contribution >= 4 is 5.91 Å². The minimum absolute atomic E-state index is 0.0341. The summed E-state index contributed by atoms with van der Waals surface area (Å²) in [7, 11) is 1.60. The molecule has 8 nitrogen and oxygen atoms in total. The van der Waals surface area contributed by atoms with Gasteiger partial charge in [0, 0.05) is 32.0 Å². The minimum atomic E-state index is -0.528. The van der Waals surface area contributed by atoms with Gasteiger partial charge in [0.2, 0.25) is 5.88 Å². The number of rotatable bonds is 8. The van der Waals surface area contributed by atoms with Gasteiger partial charge in [0.25, 0.3) is 5.91 Å². The molecule has 0 radical (unpaired) electrons. The second-order valence-corrected chi connectivity index (χ2v) is 6.44. The van der Waals surface area contributed by atoms with Crippen LogP contribution in [0, 0.1) is 17.1 Å². The molecule has 0 spiro atoms. The Morgan fingerprint density at radius 3 is 2.83 bits per heavy atom. The fourth-order valence-electron chi connectivity index (χ4n) is 2.82. The number of halogens is 1. The van der Waals surface area contributed by atoms with Crippen LogP contribution in [0.15, 0.2) is 42.7 Å². The van der Waals surface area contributed by atoms with Gasteiger partial charge < -0.3 is 15.2 Å². The first-order chi connectivity index (χ1) is 14.5. The van der Waals surface area contributed by atoms with Gasteiger partial charge in [-0.3, -0.25) is 4.79 Å². The number of benzene rings is 1. The van der Waals surface area contributed by atoms with Crippen LogP contribution in [0.25, 0.3) is 16.9 Å². The number of aromatic hydroxyl groups is 1. The summed E-state index contributed by atoms with van der Waals surface area (Å²) in [6.07, 6.45) is 3.45. The normalized spacial score (nSPS) is 10.6. The highest BCUT2D eigenvalue weighted by atomic mass is 19.1. The summed E-state index contributed by atoms with van der Waals surface area (Å²) in [5.41, 5.74) is 1.40. The van der Waals surface area contributed by atoms with Crippen molar-refractivity contribution in [3.05, 3.63) is 59.7 Å². The molecule has 0 saturated carbocycles. The van der Waals surface area contributed by atoms with Crippen molar-refractivity contribution in [2.24, 2.45) is 0 Å². The molecule has 3 rings (SSSR count). The van der Waals surface area contributed by atoms with Gasteiger partial charge in [0.05, 0.1) is 29.8 Å². The zero-order valence-corrected chi connectivity index (χ0v) is 16.3. The number of amides is 1. The number of hydrogen-bond donors (Lipinski definition) is 2. The summed E-state index contributed by atoms with van der Waals surface area (Å²) < 4.78 is 20.2. The molecule has 9 heteroatoms. The van der Waals surface area contributed by atoms with Crippen LogP contribution in [0.5, 0.6) is 5.88 Å². The molecule has 0 aliphatic heterocycles. The summed E-state index contributed by atoms with van der Waals surface area (Å²) >= 11 is 0. The SMILES string of the molecule is COCCCNC(=O)c1ccc(-n2ncc(-c3ccc(CC#N)c(F)c3)c2O)nc1. The van der Waals surface area contributed by atoms with E-state index in [0.29, 0.717) is 42.1 Å². The number of carbonyl (C=O) groups excluding carboxylic acids is 1. The third kappa shape index (κ3) is 4.61. The smallest absolute Gasteiger partial charge is 0.252 e. The number of methoxy groups -OCH3 is 1. The first-order valence-corrected chi connectivity index (χ1v) is 9.21. The lowest BCUT2D eigenvalue weighted by Crippen LogP contribution is -2.25. The Kier molecular flexibility index (Phi) is 6.72. The largest absolute Gasteiger partial charge is 0.493 e. The third-order valence-electron chi connectivity index (χ3n) is 4.42. The van der Waals surface area contributed by atoms with Gasteiger partial charge in [-0.05, 0) is 30.2 Å². The Morgan fingerprint density at radius 2 is 2.17 bits per heavy atom. The second-order valence-electron chi connectivity index (χ2n) is 6.44. The van der Waals surface area contributed by atoms with Crippen molar-refractivity contribution in [3.8, 4) is 28.9 Å². The summed E-state index contributed by atoms with van der Waals surface area (Å²) in [6, 6.07) is 9.39. The molecule has 0 fully saturated rings. The summed E-state index contributed by atoms with van der Waals surface area (Å²) in [5, 5.41) is 26.1. The van der Waals surface area contributed by atoms with Gasteiger partial charge in [-0.15, -0.1) is 0 Å². The number of aromatic nitrogens is 3. The zero-order valence-electron chi connectivity index (χ0n) is 16.3. The van der Waals surface area contributed by atoms with Crippen molar-refractivity contribution in [3.63, 3.8) is 0 Å². The van der Waals surface area contributed by atoms with Crippen LogP contribution in [0.1, 0.15) is 22.3 Å². The Morgan fingerprint density at radius 1 is 1.33 bits per heavy atom. The van der Waals surface area contributed by atoms with Gasteiger partial charge in [0.1, 0.15) is 5.82 Å². The number of hydrogen-bond acceptors (Lipinski definition) is 6. The van der Waals surface area contributed by atoms with E-state index < -0.39 is 5.82 Å². The fraction of sp³-hybridized carbons (Fsp3) is 0.238. The van der Waals surface area contributed by atoms with Gasteiger partial charge in [-0.25, -0.2) is 9.37 Å². The number of carbonyl (C=O) groups is 1. The molecule has 2 N–H and O–H groups in total. The number of pyridine rings is 1. The van der Waals surface area contributed by atoms with E-state index >= 15 is 0 Å². The molecule has 154 valence electrons. The van der Waals surface area contributed by atoms with Crippen LogP contribution in [0.2, 0.25) is 0 Å². The molecule has 0 unspecified atom stereocenters. The van der Waals surface area contributed by atoms with Gasteiger partial charge in [-0.1, -0.05) is 12.1 Å². The van der Waals surface area contributed by atoms with Crippen LogP contribution in [0.4, 0.5) is 4.39 Å². The van der Waals surface area contributed by atoms with Crippen molar-refractivity contribution in [1.29, 1.82) is 5.26 Å². The molecule has 3 aromatic rings. The maximum Gasteiger partial charge on any atom is 0.252 e. The van der Waals surface area contributed by atoms with Crippen LogP contribution in [-0.2, 0) is 11.2 Å². The first-order valence-electron chi connectivity index (χ1n) is 9.21. The van der Waals surface area contributed by atoms with E-state index in [0.717, 1.165) is 0 Å². The van der Waals surface area contributed by atoms with Crippen LogP contribution in [-0.4, -0.2) is 46.0 Å². The lowest BCUT2D eigenvalue weighted by molar-refractivity contribution is 0.0948. The van der Waals surface area contributed by atoms with E-state index in [1.54, 1.807) is 25.3 Å². The highest BCUT2D eigenvalue weighted by molar-refractivity contribution is 5.93. The molecule has 0 aliphatic rings. The maximum atomic E-state index is 14.1. The Labute approximate surface area is 172 Å². The van der Waals surface area contributed by atoms with Gasteiger partial charge >= 0.3 is 0 Å².